The van der Waals surface area contributed by atoms with Gasteiger partial charge in [-0.1, -0.05) is 17.7 Å². The minimum Gasteiger partial charge on any atom is -0.334 e. The van der Waals surface area contributed by atoms with Gasteiger partial charge in [-0.2, -0.15) is 0 Å². The Kier molecular flexibility index (Phi) is 5.18. The van der Waals surface area contributed by atoms with E-state index < -0.39 is 5.82 Å². The first-order chi connectivity index (χ1) is 9.52. The van der Waals surface area contributed by atoms with Crippen molar-refractivity contribution < 1.29 is 9.18 Å². The van der Waals surface area contributed by atoms with Gasteiger partial charge in [0.15, 0.2) is 0 Å². The average molecular weight is 377 g/mol. The molecule has 0 fully saturated rings. The van der Waals surface area contributed by atoms with Crippen molar-refractivity contribution in [3.05, 3.63) is 55.4 Å². The molecule has 0 aliphatic heterocycles. The van der Waals surface area contributed by atoms with Crippen molar-refractivity contribution in [2.45, 2.75) is 13.5 Å². The van der Waals surface area contributed by atoms with Gasteiger partial charge in [-0.15, -0.1) is 11.3 Å². The van der Waals surface area contributed by atoms with Gasteiger partial charge >= 0.3 is 0 Å². The van der Waals surface area contributed by atoms with Crippen molar-refractivity contribution in [3.8, 4) is 0 Å². The molecule has 106 valence electrons. The number of halogens is 3. The molecule has 1 heterocycles. The molecule has 0 atom stereocenters. The molecule has 0 N–H and O–H groups in total. The molecule has 20 heavy (non-hydrogen) atoms. The summed E-state index contributed by atoms with van der Waals surface area (Å²) in [6.45, 7) is 2.78. The number of rotatable bonds is 4. The highest BCUT2D eigenvalue weighted by Gasteiger charge is 2.21. The number of thiophene rings is 1. The molecule has 6 heteroatoms. The first-order valence-corrected chi connectivity index (χ1v) is 7.99. The lowest BCUT2D eigenvalue weighted by molar-refractivity contribution is 0.0748. The van der Waals surface area contributed by atoms with Gasteiger partial charge in [0.2, 0.25) is 0 Å². The summed E-state index contributed by atoms with van der Waals surface area (Å²) in [6, 6.07) is 8.17. The van der Waals surface area contributed by atoms with Gasteiger partial charge in [-0.05, 0) is 47.1 Å². The minimum absolute atomic E-state index is 0.0667. The van der Waals surface area contributed by atoms with Crippen LogP contribution in [-0.2, 0) is 6.54 Å². The standard InChI is InChI=1S/C14H12BrClFNOS/c1-2-18(8-9-6-7-12(16)20-9)14(19)13-10(15)4-3-5-11(13)17/h3-7H,2,8H2,1H3. The van der Waals surface area contributed by atoms with Crippen LogP contribution in [0.25, 0.3) is 0 Å². The second-order valence-electron chi connectivity index (χ2n) is 4.12. The summed E-state index contributed by atoms with van der Waals surface area (Å²) in [5.41, 5.74) is 0.0667. The molecule has 2 rings (SSSR count). The number of hydrogen-bond acceptors (Lipinski definition) is 2. The van der Waals surface area contributed by atoms with Crippen LogP contribution in [0.4, 0.5) is 4.39 Å². The molecular weight excluding hydrogens is 365 g/mol. The summed E-state index contributed by atoms with van der Waals surface area (Å²) in [5, 5.41) is 0. The Hall–Kier alpha value is -0.910. The average Bonchev–Trinajstić information content (AvgIpc) is 2.81. The van der Waals surface area contributed by atoms with Crippen molar-refractivity contribution in [1.29, 1.82) is 0 Å². The van der Waals surface area contributed by atoms with E-state index in [0.717, 1.165) is 4.88 Å². The lowest BCUT2D eigenvalue weighted by atomic mass is 10.2. The number of nitrogens with zero attached hydrogens (tertiary/aromatic N) is 1. The van der Waals surface area contributed by atoms with E-state index >= 15 is 0 Å². The van der Waals surface area contributed by atoms with Crippen LogP contribution in [-0.4, -0.2) is 17.4 Å². The molecule has 0 aliphatic rings. The summed E-state index contributed by atoms with van der Waals surface area (Å²) >= 11 is 10.5. The molecule has 1 aromatic heterocycles. The molecule has 0 radical (unpaired) electrons. The highest BCUT2D eigenvalue weighted by Crippen LogP contribution is 2.25. The van der Waals surface area contributed by atoms with Crippen LogP contribution in [0.1, 0.15) is 22.2 Å². The van der Waals surface area contributed by atoms with Crippen LogP contribution in [0.3, 0.4) is 0 Å². The van der Waals surface area contributed by atoms with Crippen molar-refractivity contribution in [1.82, 2.24) is 4.90 Å². The zero-order chi connectivity index (χ0) is 14.7. The Morgan fingerprint density at radius 1 is 1.40 bits per heavy atom. The van der Waals surface area contributed by atoms with E-state index in [1.807, 2.05) is 13.0 Å². The van der Waals surface area contributed by atoms with Gasteiger partial charge in [0.25, 0.3) is 5.91 Å². The molecular formula is C14H12BrClFNOS. The second kappa shape index (κ2) is 6.70. The summed E-state index contributed by atoms with van der Waals surface area (Å²) < 4.78 is 15.0. The van der Waals surface area contributed by atoms with Crippen LogP contribution in [0.5, 0.6) is 0 Å². The van der Waals surface area contributed by atoms with E-state index in [1.54, 1.807) is 23.1 Å². The minimum atomic E-state index is -0.521. The maximum absolute atomic E-state index is 13.8. The Labute approximate surface area is 134 Å². The zero-order valence-corrected chi connectivity index (χ0v) is 13.9. The highest BCUT2D eigenvalue weighted by atomic mass is 79.9. The molecule has 2 aromatic rings. The SMILES string of the molecule is CCN(Cc1ccc(Cl)s1)C(=O)c1c(F)cccc1Br. The van der Waals surface area contributed by atoms with Crippen LogP contribution >= 0.6 is 38.9 Å². The van der Waals surface area contributed by atoms with Gasteiger partial charge in [-0.25, -0.2) is 4.39 Å². The topological polar surface area (TPSA) is 20.3 Å². The molecule has 0 saturated heterocycles. The number of carbonyl (C=O) groups excluding carboxylic acids is 1. The number of hydrogen-bond donors (Lipinski definition) is 0. The smallest absolute Gasteiger partial charge is 0.258 e. The molecule has 1 aromatic carbocycles. The van der Waals surface area contributed by atoms with Crippen LogP contribution in [0, 0.1) is 5.82 Å². The second-order valence-corrected chi connectivity index (χ2v) is 6.78. The zero-order valence-electron chi connectivity index (χ0n) is 10.7. The van der Waals surface area contributed by atoms with E-state index in [1.165, 1.54) is 17.4 Å². The van der Waals surface area contributed by atoms with E-state index in [9.17, 15) is 9.18 Å². The van der Waals surface area contributed by atoms with Gasteiger partial charge in [0.05, 0.1) is 16.4 Å². The highest BCUT2D eigenvalue weighted by molar-refractivity contribution is 9.10. The molecule has 2 nitrogen and oxygen atoms in total. The normalized spacial score (nSPS) is 10.6. The van der Waals surface area contributed by atoms with Gasteiger partial charge < -0.3 is 4.90 Å². The van der Waals surface area contributed by atoms with Crippen LogP contribution in [0.15, 0.2) is 34.8 Å². The molecule has 0 bridgehead atoms. The Bertz CT molecular complexity index is 611. The first-order valence-electron chi connectivity index (χ1n) is 6.00. The predicted octanol–water partition coefficient (Wildman–Crippen LogP) is 4.97. The quantitative estimate of drug-likeness (QED) is 0.738. The van der Waals surface area contributed by atoms with Crippen LogP contribution < -0.4 is 0 Å². The predicted molar refractivity (Wildman–Crippen MR) is 83.8 cm³/mol. The van der Waals surface area contributed by atoms with Crippen molar-refractivity contribution in [2.24, 2.45) is 0 Å². The third kappa shape index (κ3) is 3.40. The fraction of sp³-hybridized carbons (Fsp3) is 0.214. The Balaban J connectivity index is 2.25. The summed E-state index contributed by atoms with van der Waals surface area (Å²) in [5.74, 6) is -0.853. The van der Waals surface area contributed by atoms with E-state index in [-0.39, 0.29) is 11.5 Å². The third-order valence-electron chi connectivity index (χ3n) is 2.82. The Morgan fingerprint density at radius 2 is 2.15 bits per heavy atom. The van der Waals surface area contributed by atoms with Gasteiger partial charge in [0, 0.05) is 15.9 Å². The van der Waals surface area contributed by atoms with E-state index in [4.69, 9.17) is 11.6 Å². The third-order valence-corrected chi connectivity index (χ3v) is 4.70. The van der Waals surface area contributed by atoms with E-state index in [2.05, 4.69) is 15.9 Å². The monoisotopic (exact) mass is 375 g/mol. The van der Waals surface area contributed by atoms with Crippen molar-refractivity contribution in [3.63, 3.8) is 0 Å². The van der Waals surface area contributed by atoms with Crippen molar-refractivity contribution in [2.75, 3.05) is 6.54 Å². The molecule has 0 spiro atoms. The Morgan fingerprint density at radius 3 is 2.70 bits per heavy atom. The summed E-state index contributed by atoms with van der Waals surface area (Å²) in [7, 11) is 0. The van der Waals surface area contributed by atoms with Gasteiger partial charge in [-0.3, -0.25) is 4.79 Å². The lowest BCUT2D eigenvalue weighted by Gasteiger charge is -2.21. The fourth-order valence-corrected chi connectivity index (χ4v) is 3.43. The fourth-order valence-electron chi connectivity index (χ4n) is 1.81. The van der Waals surface area contributed by atoms with Gasteiger partial charge in [0.1, 0.15) is 5.82 Å². The molecule has 0 aliphatic carbocycles. The van der Waals surface area contributed by atoms with E-state index in [0.29, 0.717) is 21.9 Å². The largest absolute Gasteiger partial charge is 0.334 e. The molecule has 0 unspecified atom stereocenters. The first kappa shape index (κ1) is 15.5. The lowest BCUT2D eigenvalue weighted by Crippen LogP contribution is -2.31. The summed E-state index contributed by atoms with van der Waals surface area (Å²) in [4.78, 5) is 15.0. The maximum atomic E-state index is 13.8. The van der Waals surface area contributed by atoms with Crippen molar-refractivity contribution >= 4 is 44.8 Å². The number of benzene rings is 1. The number of amides is 1. The molecule has 1 amide bonds. The van der Waals surface area contributed by atoms with Crippen LogP contribution in [0.2, 0.25) is 4.34 Å². The maximum Gasteiger partial charge on any atom is 0.258 e. The number of carbonyl (C=O) groups is 1. The molecule has 0 saturated carbocycles. The summed E-state index contributed by atoms with van der Waals surface area (Å²) in [6.07, 6.45) is 0.